The molecule has 0 saturated carbocycles. The van der Waals surface area contributed by atoms with Gasteiger partial charge in [-0.1, -0.05) is 0 Å². The molecule has 1 amide bonds. The summed E-state index contributed by atoms with van der Waals surface area (Å²) in [5.41, 5.74) is 2.40. The second-order valence-corrected chi connectivity index (χ2v) is 7.22. The number of rotatable bonds is 7. The number of aliphatic hydroxyl groups excluding tert-OH is 1. The number of aliphatic hydroxyl groups is 1. The van der Waals surface area contributed by atoms with Crippen molar-refractivity contribution < 1.29 is 19.4 Å². The first-order valence-corrected chi connectivity index (χ1v) is 9.29. The first-order valence-electron chi connectivity index (χ1n) is 9.29. The predicted molar refractivity (Wildman–Crippen MR) is 104 cm³/mol. The second kappa shape index (κ2) is 8.73. The van der Waals surface area contributed by atoms with Crippen molar-refractivity contribution >= 4 is 16.8 Å². The second-order valence-electron chi connectivity index (χ2n) is 7.22. The molecule has 2 aromatic rings. The molecule has 1 aliphatic rings. The maximum absolute atomic E-state index is 11.9. The number of ether oxygens (including phenoxy) is 2. The summed E-state index contributed by atoms with van der Waals surface area (Å²) in [4.78, 5) is 14.3. The van der Waals surface area contributed by atoms with E-state index in [2.05, 4.69) is 33.1 Å². The highest BCUT2D eigenvalue weighted by atomic mass is 16.5. The SMILES string of the molecule is COCC(=O)N[C@@H]1CN(Cc2cn(C)c3ccc(OC)cc23)CC[C@@H]1CO. The Bertz CT molecular complexity index is 789. The van der Waals surface area contributed by atoms with E-state index in [4.69, 9.17) is 9.47 Å². The van der Waals surface area contributed by atoms with Crippen LogP contribution in [0.4, 0.5) is 0 Å². The Hall–Kier alpha value is -2.09. The number of benzene rings is 1. The summed E-state index contributed by atoms with van der Waals surface area (Å²) < 4.78 is 12.4. The molecular formula is C20H29N3O4. The number of aromatic nitrogens is 1. The Kier molecular flexibility index (Phi) is 6.36. The zero-order chi connectivity index (χ0) is 19.4. The number of likely N-dealkylation sites (tertiary alicyclic amines) is 1. The number of amides is 1. The molecule has 0 bridgehead atoms. The maximum atomic E-state index is 11.9. The van der Waals surface area contributed by atoms with Gasteiger partial charge in [-0.25, -0.2) is 0 Å². The summed E-state index contributed by atoms with van der Waals surface area (Å²) in [5.74, 6) is 0.783. The summed E-state index contributed by atoms with van der Waals surface area (Å²) >= 11 is 0. The number of aryl methyl sites for hydroxylation is 1. The van der Waals surface area contributed by atoms with Crippen molar-refractivity contribution in [1.82, 2.24) is 14.8 Å². The van der Waals surface area contributed by atoms with Crippen molar-refractivity contribution in [2.45, 2.75) is 19.0 Å². The highest BCUT2D eigenvalue weighted by Crippen LogP contribution is 2.28. The van der Waals surface area contributed by atoms with Crippen molar-refractivity contribution in [3.8, 4) is 5.75 Å². The molecule has 1 fully saturated rings. The highest BCUT2D eigenvalue weighted by Gasteiger charge is 2.30. The molecule has 0 radical (unpaired) electrons. The quantitative estimate of drug-likeness (QED) is 0.759. The fraction of sp³-hybridized carbons (Fsp3) is 0.550. The number of hydrogen-bond donors (Lipinski definition) is 2. The van der Waals surface area contributed by atoms with Crippen LogP contribution in [0, 0.1) is 5.92 Å². The number of nitrogens with one attached hydrogen (secondary N) is 1. The number of nitrogens with zero attached hydrogens (tertiary/aromatic N) is 2. The molecule has 2 atom stereocenters. The summed E-state index contributed by atoms with van der Waals surface area (Å²) in [6.07, 6.45) is 3.00. The number of carbonyl (C=O) groups excluding carboxylic acids is 1. The van der Waals surface area contributed by atoms with E-state index in [0.717, 1.165) is 25.3 Å². The van der Waals surface area contributed by atoms with E-state index in [1.807, 2.05) is 13.1 Å². The molecule has 1 aromatic heterocycles. The van der Waals surface area contributed by atoms with E-state index in [1.54, 1.807) is 7.11 Å². The lowest BCUT2D eigenvalue weighted by Gasteiger charge is -2.38. The minimum absolute atomic E-state index is 0.0395. The average molecular weight is 375 g/mol. The van der Waals surface area contributed by atoms with Gasteiger partial charge < -0.3 is 24.5 Å². The van der Waals surface area contributed by atoms with Gasteiger partial charge in [0, 0.05) is 62.9 Å². The highest BCUT2D eigenvalue weighted by molar-refractivity contribution is 5.85. The minimum atomic E-state index is -0.141. The van der Waals surface area contributed by atoms with Gasteiger partial charge in [0.25, 0.3) is 0 Å². The zero-order valence-corrected chi connectivity index (χ0v) is 16.3. The van der Waals surface area contributed by atoms with Crippen LogP contribution in [0.25, 0.3) is 10.9 Å². The molecule has 0 spiro atoms. The van der Waals surface area contributed by atoms with Gasteiger partial charge in [-0.05, 0) is 36.7 Å². The molecule has 1 aliphatic heterocycles. The lowest BCUT2D eigenvalue weighted by Crippen LogP contribution is -2.53. The van der Waals surface area contributed by atoms with E-state index >= 15 is 0 Å². The van der Waals surface area contributed by atoms with Crippen molar-refractivity contribution in [3.05, 3.63) is 30.0 Å². The van der Waals surface area contributed by atoms with Crippen LogP contribution in [0.1, 0.15) is 12.0 Å². The average Bonchev–Trinajstić information content (AvgIpc) is 2.97. The lowest BCUT2D eigenvalue weighted by molar-refractivity contribution is -0.126. The van der Waals surface area contributed by atoms with Gasteiger partial charge in [0.2, 0.25) is 5.91 Å². The van der Waals surface area contributed by atoms with Crippen LogP contribution in [0.3, 0.4) is 0 Å². The Morgan fingerprint density at radius 2 is 2.19 bits per heavy atom. The van der Waals surface area contributed by atoms with Crippen LogP contribution >= 0.6 is 0 Å². The summed E-state index contributed by atoms with van der Waals surface area (Å²) in [6.45, 7) is 2.51. The van der Waals surface area contributed by atoms with Crippen molar-refractivity contribution in [1.29, 1.82) is 0 Å². The molecule has 0 unspecified atom stereocenters. The van der Waals surface area contributed by atoms with Gasteiger partial charge in [-0.15, -0.1) is 0 Å². The molecule has 3 rings (SSSR count). The van der Waals surface area contributed by atoms with Crippen molar-refractivity contribution in [2.75, 3.05) is 40.5 Å². The largest absolute Gasteiger partial charge is 0.497 e. The molecule has 27 heavy (non-hydrogen) atoms. The molecule has 7 heteroatoms. The normalized spacial score (nSPS) is 20.7. The van der Waals surface area contributed by atoms with Crippen molar-refractivity contribution in [2.24, 2.45) is 13.0 Å². The fourth-order valence-corrected chi connectivity index (χ4v) is 3.92. The Morgan fingerprint density at radius 3 is 2.89 bits per heavy atom. The summed E-state index contributed by atoms with van der Waals surface area (Å²) in [7, 11) is 5.23. The molecule has 2 heterocycles. The number of hydrogen-bond acceptors (Lipinski definition) is 5. The summed E-state index contributed by atoms with van der Waals surface area (Å²) in [5, 5.41) is 13.9. The zero-order valence-electron chi connectivity index (χ0n) is 16.3. The van der Waals surface area contributed by atoms with Crippen LogP contribution in [-0.4, -0.2) is 67.0 Å². The Morgan fingerprint density at radius 1 is 1.37 bits per heavy atom. The molecule has 2 N–H and O–H groups in total. The number of fused-ring (bicyclic) bond motifs is 1. The van der Waals surface area contributed by atoms with Gasteiger partial charge in [0.05, 0.1) is 7.11 Å². The van der Waals surface area contributed by atoms with Crippen LogP contribution < -0.4 is 10.1 Å². The van der Waals surface area contributed by atoms with Gasteiger partial charge >= 0.3 is 0 Å². The lowest BCUT2D eigenvalue weighted by atomic mass is 9.92. The van der Waals surface area contributed by atoms with Crippen LogP contribution in [0.5, 0.6) is 5.75 Å². The third-order valence-corrected chi connectivity index (χ3v) is 5.37. The molecule has 1 aromatic carbocycles. The fourth-order valence-electron chi connectivity index (χ4n) is 3.92. The number of piperidine rings is 1. The third-order valence-electron chi connectivity index (χ3n) is 5.37. The maximum Gasteiger partial charge on any atom is 0.246 e. The van der Waals surface area contributed by atoms with E-state index in [-0.39, 0.29) is 31.1 Å². The van der Waals surface area contributed by atoms with Crippen LogP contribution in [0.2, 0.25) is 0 Å². The molecular weight excluding hydrogens is 346 g/mol. The molecule has 148 valence electrons. The predicted octanol–water partition coefficient (Wildman–Crippen LogP) is 1.13. The van der Waals surface area contributed by atoms with E-state index in [0.29, 0.717) is 6.54 Å². The van der Waals surface area contributed by atoms with Gasteiger partial charge in [0.15, 0.2) is 0 Å². The first-order chi connectivity index (χ1) is 13.0. The minimum Gasteiger partial charge on any atom is -0.497 e. The van der Waals surface area contributed by atoms with Crippen LogP contribution in [0.15, 0.2) is 24.4 Å². The smallest absolute Gasteiger partial charge is 0.246 e. The topological polar surface area (TPSA) is 76.0 Å². The molecule has 0 aliphatic carbocycles. The summed E-state index contributed by atoms with van der Waals surface area (Å²) in [6, 6.07) is 6.04. The monoisotopic (exact) mass is 375 g/mol. The van der Waals surface area contributed by atoms with E-state index < -0.39 is 0 Å². The van der Waals surface area contributed by atoms with Gasteiger partial charge in [0.1, 0.15) is 12.4 Å². The van der Waals surface area contributed by atoms with Crippen LogP contribution in [-0.2, 0) is 23.1 Å². The Balaban J connectivity index is 1.75. The molecule has 7 nitrogen and oxygen atoms in total. The van der Waals surface area contributed by atoms with E-state index in [1.165, 1.54) is 23.6 Å². The van der Waals surface area contributed by atoms with Crippen molar-refractivity contribution in [3.63, 3.8) is 0 Å². The molecule has 1 saturated heterocycles. The number of carbonyl (C=O) groups is 1. The van der Waals surface area contributed by atoms with E-state index in [9.17, 15) is 9.90 Å². The first kappa shape index (κ1) is 19.7. The van der Waals surface area contributed by atoms with Gasteiger partial charge in [-0.3, -0.25) is 9.69 Å². The van der Waals surface area contributed by atoms with Gasteiger partial charge in [-0.2, -0.15) is 0 Å². The Labute approximate surface area is 159 Å². The standard InChI is InChI=1S/C20H29N3O4/c1-22-9-15(17-8-16(27-3)4-5-19(17)22)10-23-7-6-14(12-24)18(11-23)21-20(25)13-26-2/h4-5,8-9,14,18,24H,6-7,10-13H2,1-3H3,(H,21,25)/t14-,18-/m1/s1. The number of methoxy groups -OCH3 is 2. The third kappa shape index (κ3) is 4.43.